The zero-order valence-electron chi connectivity index (χ0n) is 18.5. The molecule has 10 nitrogen and oxygen atoms in total. The lowest BCUT2D eigenvalue weighted by Crippen LogP contribution is -2.43. The fourth-order valence-corrected chi connectivity index (χ4v) is 3.81. The van der Waals surface area contributed by atoms with E-state index < -0.39 is 24.0 Å². The quantitative estimate of drug-likeness (QED) is 0.212. The van der Waals surface area contributed by atoms with Crippen LogP contribution in [0.15, 0.2) is 42.7 Å². The number of hydrogen-bond donors (Lipinski definition) is 3. The van der Waals surface area contributed by atoms with Gasteiger partial charge in [0.15, 0.2) is 0 Å². The maximum atomic E-state index is 13.1. The summed E-state index contributed by atoms with van der Waals surface area (Å²) in [6.07, 6.45) is -3.92. The summed E-state index contributed by atoms with van der Waals surface area (Å²) in [5.74, 6) is -3.58. The summed E-state index contributed by atoms with van der Waals surface area (Å²) in [4.78, 5) is 36.4. The number of methoxy groups -OCH3 is 1. The molecule has 0 bridgehead atoms. The van der Waals surface area contributed by atoms with Crippen LogP contribution in [-0.2, 0) is 9.63 Å². The first-order valence-corrected chi connectivity index (χ1v) is 10.4. The van der Waals surface area contributed by atoms with E-state index in [9.17, 15) is 22.8 Å². The van der Waals surface area contributed by atoms with E-state index in [0.717, 1.165) is 0 Å². The maximum absolute atomic E-state index is 13.1. The van der Waals surface area contributed by atoms with Crippen molar-refractivity contribution in [2.45, 2.75) is 13.1 Å². The molecule has 2 aromatic heterocycles. The summed E-state index contributed by atoms with van der Waals surface area (Å²) < 4.78 is 43.9. The van der Waals surface area contributed by atoms with Crippen molar-refractivity contribution in [1.29, 1.82) is 5.41 Å². The summed E-state index contributed by atoms with van der Waals surface area (Å²) in [5, 5.41) is 11.2. The Morgan fingerprint density at radius 3 is 2.56 bits per heavy atom. The molecule has 36 heavy (non-hydrogen) atoms. The Kier molecular flexibility index (Phi) is 6.41. The zero-order chi connectivity index (χ0) is 26.2. The predicted molar refractivity (Wildman–Crippen MR) is 123 cm³/mol. The van der Waals surface area contributed by atoms with Crippen molar-refractivity contribution in [2.24, 2.45) is 0 Å². The van der Waals surface area contributed by atoms with Crippen LogP contribution in [0.4, 0.5) is 13.2 Å². The molecule has 0 aliphatic rings. The molecule has 0 atom stereocenters. The first-order valence-electron chi connectivity index (χ1n) is 10.0. The van der Waals surface area contributed by atoms with Gasteiger partial charge in [-0.1, -0.05) is 11.6 Å². The van der Waals surface area contributed by atoms with E-state index in [2.05, 4.69) is 20.1 Å². The van der Waals surface area contributed by atoms with Gasteiger partial charge in [-0.3, -0.25) is 20.1 Å². The molecule has 0 saturated heterocycles. The number of benzene rings is 2. The topological polar surface area (TPSA) is 131 Å². The number of rotatable bonds is 3. The number of halogens is 4. The van der Waals surface area contributed by atoms with Crippen molar-refractivity contribution >= 4 is 51.2 Å². The molecule has 4 aromatic rings. The second kappa shape index (κ2) is 9.34. The second-order valence-electron chi connectivity index (χ2n) is 7.36. The lowest BCUT2D eigenvalue weighted by molar-refractivity contribution is -0.204. The van der Waals surface area contributed by atoms with Gasteiger partial charge in [0.1, 0.15) is 17.9 Å². The number of carbonyl (C=O) groups excluding carboxylic acids is 2. The average molecular weight is 521 g/mol. The van der Waals surface area contributed by atoms with Crippen LogP contribution in [0.2, 0.25) is 5.02 Å². The van der Waals surface area contributed by atoms with E-state index in [0.29, 0.717) is 44.1 Å². The number of ether oxygens (including phenoxy) is 1. The molecule has 186 valence electrons. The zero-order valence-corrected chi connectivity index (χ0v) is 19.3. The van der Waals surface area contributed by atoms with Crippen molar-refractivity contribution < 1.29 is 32.3 Å². The third-order valence-corrected chi connectivity index (χ3v) is 5.38. The van der Waals surface area contributed by atoms with Crippen LogP contribution in [0.25, 0.3) is 27.6 Å². The number of carbonyl (C=O) groups is 2. The average Bonchev–Trinajstić information content (AvgIpc) is 3.12. The van der Waals surface area contributed by atoms with Gasteiger partial charge in [0, 0.05) is 21.5 Å². The van der Waals surface area contributed by atoms with Crippen molar-refractivity contribution in [3.8, 4) is 11.6 Å². The predicted octanol–water partition coefficient (Wildman–Crippen LogP) is 3.82. The Morgan fingerprint density at radius 2 is 1.86 bits per heavy atom. The van der Waals surface area contributed by atoms with Gasteiger partial charge in [0.05, 0.1) is 23.7 Å². The van der Waals surface area contributed by atoms with Crippen LogP contribution in [0.1, 0.15) is 16.1 Å². The molecule has 0 fully saturated rings. The van der Waals surface area contributed by atoms with Gasteiger partial charge in [0.2, 0.25) is 5.96 Å². The SMILES string of the molecule is COc1ccc2c(c1)c(C(=O)NC(=N)NOC(=O)C(F)(F)F)c(C)n2-c1ncnc2ccc(Cl)cc12. The molecule has 0 unspecified atom stereocenters. The first-order chi connectivity index (χ1) is 17.0. The molecule has 0 aliphatic carbocycles. The third kappa shape index (κ3) is 4.60. The fourth-order valence-electron chi connectivity index (χ4n) is 3.63. The fraction of sp³-hybridized carbons (Fsp3) is 0.136. The number of aromatic nitrogens is 3. The highest BCUT2D eigenvalue weighted by Gasteiger charge is 2.42. The minimum atomic E-state index is -5.28. The van der Waals surface area contributed by atoms with Gasteiger partial charge in [-0.05, 0) is 43.3 Å². The molecule has 14 heteroatoms. The molecular formula is C22H16ClF3N6O4. The minimum Gasteiger partial charge on any atom is -0.497 e. The van der Waals surface area contributed by atoms with Gasteiger partial charge >= 0.3 is 12.1 Å². The highest BCUT2D eigenvalue weighted by Crippen LogP contribution is 2.34. The van der Waals surface area contributed by atoms with Crippen LogP contribution >= 0.6 is 11.6 Å². The van der Waals surface area contributed by atoms with Gasteiger partial charge in [-0.2, -0.15) is 18.7 Å². The highest BCUT2D eigenvalue weighted by atomic mass is 35.5. The number of alkyl halides is 3. The van der Waals surface area contributed by atoms with Gasteiger partial charge in [0.25, 0.3) is 5.91 Å². The van der Waals surface area contributed by atoms with Gasteiger partial charge < -0.3 is 9.57 Å². The molecule has 2 aromatic carbocycles. The molecule has 0 saturated carbocycles. The van der Waals surface area contributed by atoms with Gasteiger partial charge in [-0.25, -0.2) is 14.8 Å². The summed E-state index contributed by atoms with van der Waals surface area (Å²) >= 11 is 6.19. The first kappa shape index (κ1) is 24.7. The van der Waals surface area contributed by atoms with Crippen LogP contribution in [0.3, 0.4) is 0 Å². The molecule has 0 radical (unpaired) electrons. The molecule has 1 amide bonds. The molecule has 3 N–H and O–H groups in total. The van der Waals surface area contributed by atoms with Crippen molar-refractivity contribution in [3.63, 3.8) is 0 Å². The number of nitrogens with zero attached hydrogens (tertiary/aromatic N) is 3. The van der Waals surface area contributed by atoms with Crippen molar-refractivity contribution in [1.82, 2.24) is 25.3 Å². The molecule has 4 rings (SSSR count). The van der Waals surface area contributed by atoms with Crippen LogP contribution < -0.4 is 15.5 Å². The van der Waals surface area contributed by atoms with Crippen LogP contribution in [0.5, 0.6) is 5.75 Å². The standard InChI is InChI=1S/C22H16ClF3N6O4/c1-10-17(19(33)30-21(27)31-36-20(34)22(24,25)26)14-8-12(35-2)4-6-16(14)32(10)18-13-7-11(23)3-5-15(13)28-9-29-18/h3-9H,1-2H3,(H3,27,30,31,33). The lowest BCUT2D eigenvalue weighted by Gasteiger charge is -2.12. The Labute approximate surface area is 205 Å². The highest BCUT2D eigenvalue weighted by molar-refractivity contribution is 6.31. The molecule has 0 spiro atoms. The van der Waals surface area contributed by atoms with Crippen LogP contribution in [0, 0.1) is 12.3 Å². The second-order valence-corrected chi connectivity index (χ2v) is 7.79. The lowest BCUT2D eigenvalue weighted by atomic mass is 10.1. The van der Waals surface area contributed by atoms with Crippen molar-refractivity contribution in [2.75, 3.05) is 7.11 Å². The smallest absolute Gasteiger partial charge is 0.493 e. The van der Waals surface area contributed by atoms with E-state index in [1.54, 1.807) is 47.9 Å². The van der Waals surface area contributed by atoms with Crippen LogP contribution in [-0.4, -0.2) is 45.7 Å². The Morgan fingerprint density at radius 1 is 1.11 bits per heavy atom. The number of hydrogen-bond acceptors (Lipinski definition) is 7. The van der Waals surface area contributed by atoms with E-state index in [4.69, 9.17) is 21.7 Å². The molecular weight excluding hydrogens is 505 g/mol. The Bertz CT molecular complexity index is 1540. The van der Waals surface area contributed by atoms with E-state index in [-0.39, 0.29) is 5.56 Å². The molecule has 0 aliphatic heterocycles. The Hall–Kier alpha value is -4.39. The maximum Gasteiger partial charge on any atom is 0.493 e. The van der Waals surface area contributed by atoms with E-state index in [1.807, 2.05) is 0 Å². The summed E-state index contributed by atoms with van der Waals surface area (Å²) in [7, 11) is 1.44. The summed E-state index contributed by atoms with van der Waals surface area (Å²) in [6, 6.07) is 10.0. The number of guanidine groups is 1. The number of amides is 1. The number of hydroxylamine groups is 1. The Balaban J connectivity index is 1.79. The summed E-state index contributed by atoms with van der Waals surface area (Å²) in [5.41, 5.74) is 3.07. The largest absolute Gasteiger partial charge is 0.497 e. The number of fused-ring (bicyclic) bond motifs is 2. The summed E-state index contributed by atoms with van der Waals surface area (Å²) in [6.45, 7) is 1.63. The number of nitrogens with one attached hydrogen (secondary N) is 3. The van der Waals surface area contributed by atoms with Crippen molar-refractivity contribution in [3.05, 3.63) is 59.0 Å². The van der Waals surface area contributed by atoms with E-state index in [1.165, 1.54) is 18.9 Å². The third-order valence-electron chi connectivity index (χ3n) is 5.14. The minimum absolute atomic E-state index is 0.0754. The monoisotopic (exact) mass is 520 g/mol. The molecule has 2 heterocycles. The van der Waals surface area contributed by atoms with E-state index >= 15 is 0 Å². The van der Waals surface area contributed by atoms with Gasteiger partial charge in [-0.15, -0.1) is 0 Å². The normalized spacial score (nSPS) is 11.4.